The zero-order valence-corrected chi connectivity index (χ0v) is 11.8. The van der Waals surface area contributed by atoms with Crippen LogP contribution in [0.15, 0.2) is 48.5 Å². The summed E-state index contributed by atoms with van der Waals surface area (Å²) in [6.07, 6.45) is 1.18. The van der Waals surface area contributed by atoms with Crippen molar-refractivity contribution >= 4 is 11.4 Å². The third-order valence-corrected chi connectivity index (χ3v) is 3.97. The summed E-state index contributed by atoms with van der Waals surface area (Å²) in [7, 11) is 1.68. The van der Waals surface area contributed by atoms with E-state index in [2.05, 4.69) is 41.3 Å². The molecule has 0 amide bonds. The number of hydrogen-bond acceptors (Lipinski definition) is 3. The lowest BCUT2D eigenvalue weighted by Gasteiger charge is -2.20. The number of ether oxygens (including phenoxy) is 1. The summed E-state index contributed by atoms with van der Waals surface area (Å²) in [5.41, 5.74) is 9.27. The fourth-order valence-electron chi connectivity index (χ4n) is 2.90. The summed E-state index contributed by atoms with van der Waals surface area (Å²) in [6.45, 7) is 2.10. The van der Waals surface area contributed by atoms with Crippen LogP contribution in [0.4, 0.5) is 11.4 Å². The second-order valence-electron chi connectivity index (χ2n) is 5.31. The van der Waals surface area contributed by atoms with E-state index < -0.39 is 0 Å². The summed E-state index contributed by atoms with van der Waals surface area (Å²) in [6, 6.07) is 16.7. The highest BCUT2D eigenvalue weighted by atomic mass is 16.5. The van der Waals surface area contributed by atoms with Crippen LogP contribution in [-0.4, -0.2) is 20.2 Å². The van der Waals surface area contributed by atoms with Crippen LogP contribution in [0.25, 0.3) is 0 Å². The standard InChI is InChI=1S/C17H20N2O/c1-20-17-10-15(18)9-16(11-17)19-8-7-14(12-19)13-5-3-2-4-6-13/h2-6,9-11,14H,7-8,12,18H2,1H3. The molecule has 1 fully saturated rings. The molecule has 104 valence electrons. The van der Waals surface area contributed by atoms with Crippen molar-refractivity contribution in [1.82, 2.24) is 0 Å². The maximum Gasteiger partial charge on any atom is 0.122 e. The summed E-state index contributed by atoms with van der Waals surface area (Å²) in [4.78, 5) is 2.39. The van der Waals surface area contributed by atoms with Gasteiger partial charge in [-0.2, -0.15) is 0 Å². The molecule has 1 heterocycles. The average molecular weight is 268 g/mol. The average Bonchev–Trinajstić information content (AvgIpc) is 2.97. The number of nitrogen functional groups attached to an aromatic ring is 1. The van der Waals surface area contributed by atoms with E-state index in [-0.39, 0.29) is 0 Å². The topological polar surface area (TPSA) is 38.5 Å². The molecular weight excluding hydrogens is 248 g/mol. The molecule has 1 saturated heterocycles. The van der Waals surface area contributed by atoms with Crippen molar-refractivity contribution in [3.8, 4) is 5.75 Å². The molecule has 1 aliphatic heterocycles. The fourth-order valence-corrected chi connectivity index (χ4v) is 2.90. The smallest absolute Gasteiger partial charge is 0.122 e. The van der Waals surface area contributed by atoms with Crippen LogP contribution >= 0.6 is 0 Å². The Morgan fingerprint density at radius 1 is 1.15 bits per heavy atom. The molecule has 1 atom stereocenters. The molecule has 3 nitrogen and oxygen atoms in total. The molecule has 1 aliphatic rings. The highest BCUT2D eigenvalue weighted by molar-refractivity contribution is 5.61. The first kappa shape index (κ1) is 12.9. The second kappa shape index (κ2) is 5.45. The van der Waals surface area contributed by atoms with Crippen LogP contribution in [-0.2, 0) is 0 Å². The molecule has 3 rings (SSSR count). The Balaban J connectivity index is 1.79. The van der Waals surface area contributed by atoms with Gasteiger partial charge in [-0.05, 0) is 18.1 Å². The third kappa shape index (κ3) is 2.57. The van der Waals surface area contributed by atoms with Gasteiger partial charge in [0.25, 0.3) is 0 Å². The van der Waals surface area contributed by atoms with Crippen molar-refractivity contribution < 1.29 is 4.74 Å². The summed E-state index contributed by atoms with van der Waals surface area (Å²) < 4.78 is 5.30. The number of benzene rings is 2. The molecular formula is C17H20N2O. The Morgan fingerprint density at radius 2 is 1.95 bits per heavy atom. The Hall–Kier alpha value is -2.16. The Morgan fingerprint density at radius 3 is 2.70 bits per heavy atom. The molecule has 20 heavy (non-hydrogen) atoms. The van der Waals surface area contributed by atoms with Crippen LogP contribution in [0.5, 0.6) is 5.75 Å². The molecule has 2 N–H and O–H groups in total. The van der Waals surface area contributed by atoms with Crippen LogP contribution in [0.2, 0.25) is 0 Å². The minimum Gasteiger partial charge on any atom is -0.497 e. The van der Waals surface area contributed by atoms with E-state index in [1.165, 1.54) is 12.0 Å². The van der Waals surface area contributed by atoms with Gasteiger partial charge in [-0.25, -0.2) is 0 Å². The van der Waals surface area contributed by atoms with E-state index >= 15 is 0 Å². The lowest BCUT2D eigenvalue weighted by Crippen LogP contribution is -2.19. The number of nitrogens with two attached hydrogens (primary N) is 1. The van der Waals surface area contributed by atoms with Gasteiger partial charge in [0.2, 0.25) is 0 Å². The van der Waals surface area contributed by atoms with Gasteiger partial charge in [0.05, 0.1) is 7.11 Å². The molecule has 0 spiro atoms. The monoisotopic (exact) mass is 268 g/mol. The second-order valence-corrected chi connectivity index (χ2v) is 5.31. The highest BCUT2D eigenvalue weighted by Gasteiger charge is 2.24. The van der Waals surface area contributed by atoms with E-state index in [0.717, 1.165) is 30.2 Å². The van der Waals surface area contributed by atoms with Gasteiger partial charge in [0, 0.05) is 42.5 Å². The van der Waals surface area contributed by atoms with Crippen LogP contribution < -0.4 is 15.4 Å². The molecule has 3 heteroatoms. The number of anilines is 2. The van der Waals surface area contributed by atoms with Crippen LogP contribution in [0, 0.1) is 0 Å². The van der Waals surface area contributed by atoms with E-state index in [0.29, 0.717) is 5.92 Å². The molecule has 0 radical (unpaired) electrons. The van der Waals surface area contributed by atoms with Crippen molar-refractivity contribution in [3.05, 3.63) is 54.1 Å². The number of nitrogens with zero attached hydrogens (tertiary/aromatic N) is 1. The first-order valence-corrected chi connectivity index (χ1v) is 7.01. The predicted molar refractivity (Wildman–Crippen MR) is 83.4 cm³/mol. The first-order chi connectivity index (χ1) is 9.76. The summed E-state index contributed by atoms with van der Waals surface area (Å²) in [5, 5.41) is 0. The van der Waals surface area contributed by atoms with Crippen molar-refractivity contribution in [2.75, 3.05) is 30.8 Å². The first-order valence-electron chi connectivity index (χ1n) is 7.01. The zero-order chi connectivity index (χ0) is 13.9. The van der Waals surface area contributed by atoms with Crippen LogP contribution in [0.3, 0.4) is 0 Å². The quantitative estimate of drug-likeness (QED) is 0.868. The van der Waals surface area contributed by atoms with Gasteiger partial charge < -0.3 is 15.4 Å². The molecule has 0 bridgehead atoms. The Kier molecular flexibility index (Phi) is 3.50. The minimum absolute atomic E-state index is 0.601. The van der Waals surface area contributed by atoms with Gasteiger partial charge in [0.15, 0.2) is 0 Å². The minimum atomic E-state index is 0.601. The molecule has 2 aromatic rings. The largest absolute Gasteiger partial charge is 0.497 e. The SMILES string of the molecule is COc1cc(N)cc(N2CCC(c3ccccc3)C2)c1. The van der Waals surface area contributed by atoms with Crippen molar-refractivity contribution in [2.45, 2.75) is 12.3 Å². The van der Waals surface area contributed by atoms with E-state index in [4.69, 9.17) is 10.5 Å². The molecule has 1 unspecified atom stereocenters. The van der Waals surface area contributed by atoms with Crippen molar-refractivity contribution in [3.63, 3.8) is 0 Å². The van der Waals surface area contributed by atoms with E-state index in [1.54, 1.807) is 7.11 Å². The predicted octanol–water partition coefficient (Wildman–Crippen LogP) is 3.27. The van der Waals surface area contributed by atoms with Gasteiger partial charge in [-0.1, -0.05) is 30.3 Å². The Labute approximate surface area is 120 Å². The lowest BCUT2D eigenvalue weighted by molar-refractivity contribution is 0.415. The lowest BCUT2D eigenvalue weighted by atomic mass is 9.99. The van der Waals surface area contributed by atoms with Gasteiger partial charge in [0.1, 0.15) is 5.75 Å². The molecule has 2 aromatic carbocycles. The normalized spacial score (nSPS) is 18.2. The Bertz CT molecular complexity index is 583. The molecule has 0 aromatic heterocycles. The zero-order valence-electron chi connectivity index (χ0n) is 11.8. The maximum atomic E-state index is 5.94. The summed E-state index contributed by atoms with van der Waals surface area (Å²) >= 11 is 0. The van der Waals surface area contributed by atoms with Gasteiger partial charge >= 0.3 is 0 Å². The number of methoxy groups -OCH3 is 1. The number of rotatable bonds is 3. The third-order valence-electron chi connectivity index (χ3n) is 3.97. The molecule has 0 saturated carbocycles. The fraction of sp³-hybridized carbons (Fsp3) is 0.294. The van der Waals surface area contributed by atoms with Crippen molar-refractivity contribution in [2.24, 2.45) is 0 Å². The van der Waals surface area contributed by atoms with Crippen molar-refractivity contribution in [1.29, 1.82) is 0 Å². The summed E-state index contributed by atoms with van der Waals surface area (Å²) in [5.74, 6) is 1.42. The van der Waals surface area contributed by atoms with E-state index in [9.17, 15) is 0 Å². The van der Waals surface area contributed by atoms with Gasteiger partial charge in [-0.3, -0.25) is 0 Å². The van der Waals surface area contributed by atoms with E-state index in [1.807, 2.05) is 12.1 Å². The number of hydrogen-bond donors (Lipinski definition) is 1. The van der Waals surface area contributed by atoms with Gasteiger partial charge in [-0.15, -0.1) is 0 Å². The highest BCUT2D eigenvalue weighted by Crippen LogP contribution is 2.33. The van der Waals surface area contributed by atoms with Crippen LogP contribution in [0.1, 0.15) is 17.9 Å². The maximum absolute atomic E-state index is 5.94. The molecule has 0 aliphatic carbocycles.